The number of carbonyl (C=O) groups is 1. The molecular formula is C18H14F2O2. The topological polar surface area (TPSA) is 37.3 Å². The molecule has 4 heteroatoms. The first-order valence-electron chi connectivity index (χ1n) is 7.06. The molecule has 0 aromatic heterocycles. The molecule has 0 saturated heterocycles. The van der Waals surface area contributed by atoms with Gasteiger partial charge in [0.1, 0.15) is 11.6 Å². The van der Waals surface area contributed by atoms with Crippen LogP contribution in [0.2, 0.25) is 0 Å². The summed E-state index contributed by atoms with van der Waals surface area (Å²) in [5, 5.41) is 8.97. The van der Waals surface area contributed by atoms with Crippen LogP contribution < -0.4 is 0 Å². The summed E-state index contributed by atoms with van der Waals surface area (Å²) in [6.07, 6.45) is 3.69. The molecular weight excluding hydrogens is 286 g/mol. The van der Waals surface area contributed by atoms with E-state index in [-0.39, 0.29) is 0 Å². The van der Waals surface area contributed by atoms with Crippen molar-refractivity contribution in [2.45, 2.75) is 19.3 Å². The second-order valence-electron chi connectivity index (χ2n) is 5.39. The Balaban J connectivity index is 2.11. The van der Waals surface area contributed by atoms with E-state index in [9.17, 15) is 13.6 Å². The lowest BCUT2D eigenvalue weighted by atomic mass is 9.85. The number of carboxylic acid groups (broad SMARTS) is 1. The van der Waals surface area contributed by atoms with Crippen molar-refractivity contribution in [2.75, 3.05) is 0 Å². The first kappa shape index (κ1) is 14.4. The van der Waals surface area contributed by atoms with Gasteiger partial charge in [-0.25, -0.2) is 13.6 Å². The molecule has 0 radical (unpaired) electrons. The second kappa shape index (κ2) is 5.72. The smallest absolute Gasteiger partial charge is 0.328 e. The Labute approximate surface area is 126 Å². The van der Waals surface area contributed by atoms with E-state index in [1.807, 2.05) is 18.2 Å². The molecule has 0 saturated carbocycles. The van der Waals surface area contributed by atoms with Gasteiger partial charge < -0.3 is 5.11 Å². The molecule has 0 aliphatic heterocycles. The summed E-state index contributed by atoms with van der Waals surface area (Å²) in [5.41, 5.74) is 3.80. The number of halogens is 2. The number of benzene rings is 2. The molecule has 0 unspecified atom stereocenters. The van der Waals surface area contributed by atoms with E-state index < -0.39 is 17.6 Å². The summed E-state index contributed by atoms with van der Waals surface area (Å²) in [6.45, 7) is 0. The predicted molar refractivity (Wildman–Crippen MR) is 80.3 cm³/mol. The third-order valence-corrected chi connectivity index (χ3v) is 3.84. The number of allylic oxidation sites excluding steroid dienone is 1. The lowest BCUT2D eigenvalue weighted by molar-refractivity contribution is -0.131. The third-order valence-electron chi connectivity index (χ3n) is 3.84. The van der Waals surface area contributed by atoms with Gasteiger partial charge in [-0.05, 0) is 65.3 Å². The van der Waals surface area contributed by atoms with Crippen LogP contribution in [0.15, 0.2) is 42.5 Å². The van der Waals surface area contributed by atoms with Crippen LogP contribution in [-0.4, -0.2) is 11.1 Å². The zero-order chi connectivity index (χ0) is 15.7. The number of aryl methyl sites for hydroxylation is 1. The Morgan fingerprint density at radius 1 is 1.00 bits per heavy atom. The molecule has 2 nitrogen and oxygen atoms in total. The fourth-order valence-electron chi connectivity index (χ4n) is 2.90. The Morgan fingerprint density at radius 3 is 2.41 bits per heavy atom. The van der Waals surface area contributed by atoms with Crippen LogP contribution in [0.25, 0.3) is 16.7 Å². The summed E-state index contributed by atoms with van der Waals surface area (Å²) < 4.78 is 26.7. The molecule has 0 atom stereocenters. The average molecular weight is 300 g/mol. The standard InChI is InChI=1S/C18H14F2O2/c19-15-6-14(7-16(20)10-15)12-5-4-11-2-1-3-13(9-18(21)22)17(11)8-12/h4-10H,1-3H2,(H,21,22)/b13-9+. The van der Waals surface area contributed by atoms with Gasteiger partial charge in [-0.1, -0.05) is 12.1 Å². The number of carboxylic acids is 1. The SMILES string of the molecule is O=C(O)/C=C1\CCCc2ccc(-c3cc(F)cc(F)c3)cc21. The van der Waals surface area contributed by atoms with Crippen molar-refractivity contribution in [1.82, 2.24) is 0 Å². The molecule has 0 bridgehead atoms. The Kier molecular flexibility index (Phi) is 3.75. The van der Waals surface area contributed by atoms with Crippen LogP contribution in [0, 0.1) is 11.6 Å². The minimum Gasteiger partial charge on any atom is -0.478 e. The zero-order valence-electron chi connectivity index (χ0n) is 11.8. The van der Waals surface area contributed by atoms with Gasteiger partial charge in [0, 0.05) is 12.1 Å². The summed E-state index contributed by atoms with van der Waals surface area (Å²) in [4.78, 5) is 10.9. The van der Waals surface area contributed by atoms with Crippen LogP contribution in [-0.2, 0) is 11.2 Å². The summed E-state index contributed by atoms with van der Waals surface area (Å²) in [5.74, 6) is -2.24. The molecule has 112 valence electrons. The predicted octanol–water partition coefficient (Wildman–Crippen LogP) is 4.44. The molecule has 1 N–H and O–H groups in total. The van der Waals surface area contributed by atoms with Gasteiger partial charge in [0.15, 0.2) is 0 Å². The highest BCUT2D eigenvalue weighted by Gasteiger charge is 2.16. The van der Waals surface area contributed by atoms with Crippen LogP contribution in [0.5, 0.6) is 0 Å². The first-order chi connectivity index (χ1) is 10.5. The van der Waals surface area contributed by atoms with Crippen molar-refractivity contribution in [3.63, 3.8) is 0 Å². The van der Waals surface area contributed by atoms with Crippen molar-refractivity contribution >= 4 is 11.5 Å². The molecule has 2 aromatic carbocycles. The van der Waals surface area contributed by atoms with Gasteiger partial charge in [0.25, 0.3) is 0 Å². The van der Waals surface area contributed by atoms with Gasteiger partial charge in [0.05, 0.1) is 0 Å². The van der Waals surface area contributed by atoms with Gasteiger partial charge in [-0.2, -0.15) is 0 Å². The van der Waals surface area contributed by atoms with Crippen molar-refractivity contribution in [3.8, 4) is 11.1 Å². The minimum absolute atomic E-state index is 0.445. The largest absolute Gasteiger partial charge is 0.478 e. The molecule has 1 aliphatic carbocycles. The second-order valence-corrected chi connectivity index (χ2v) is 5.39. The molecule has 0 fully saturated rings. The van der Waals surface area contributed by atoms with E-state index in [2.05, 4.69) is 0 Å². The number of aliphatic carboxylic acids is 1. The highest BCUT2D eigenvalue weighted by atomic mass is 19.1. The average Bonchev–Trinajstić information content (AvgIpc) is 2.45. The van der Waals surface area contributed by atoms with Crippen LogP contribution in [0.3, 0.4) is 0 Å². The van der Waals surface area contributed by atoms with Gasteiger partial charge in [-0.15, -0.1) is 0 Å². The summed E-state index contributed by atoms with van der Waals surface area (Å²) in [7, 11) is 0. The highest BCUT2D eigenvalue weighted by molar-refractivity contribution is 5.91. The maximum Gasteiger partial charge on any atom is 0.328 e. The summed E-state index contributed by atoms with van der Waals surface area (Å²) >= 11 is 0. The monoisotopic (exact) mass is 300 g/mol. The molecule has 0 spiro atoms. The van der Waals surface area contributed by atoms with E-state index in [0.717, 1.165) is 35.6 Å². The highest BCUT2D eigenvalue weighted by Crippen LogP contribution is 2.34. The third kappa shape index (κ3) is 2.91. The number of hydrogen-bond acceptors (Lipinski definition) is 1. The van der Waals surface area contributed by atoms with Crippen molar-refractivity contribution in [1.29, 1.82) is 0 Å². The number of fused-ring (bicyclic) bond motifs is 1. The Morgan fingerprint density at radius 2 is 1.73 bits per heavy atom. The van der Waals surface area contributed by atoms with Gasteiger partial charge >= 0.3 is 5.97 Å². The summed E-state index contributed by atoms with van der Waals surface area (Å²) in [6, 6.07) is 8.91. The lowest BCUT2D eigenvalue weighted by Crippen LogP contribution is -2.04. The lowest BCUT2D eigenvalue weighted by Gasteiger charge is -2.20. The van der Waals surface area contributed by atoms with E-state index >= 15 is 0 Å². The molecule has 2 aromatic rings. The fraction of sp³-hybridized carbons (Fsp3) is 0.167. The quantitative estimate of drug-likeness (QED) is 0.833. The maximum atomic E-state index is 13.4. The molecule has 1 aliphatic rings. The first-order valence-corrected chi connectivity index (χ1v) is 7.06. The fourth-order valence-corrected chi connectivity index (χ4v) is 2.90. The Hall–Kier alpha value is -2.49. The zero-order valence-corrected chi connectivity index (χ0v) is 11.8. The van der Waals surface area contributed by atoms with Crippen molar-refractivity contribution in [2.24, 2.45) is 0 Å². The molecule has 0 amide bonds. The van der Waals surface area contributed by atoms with E-state index in [1.165, 1.54) is 18.2 Å². The van der Waals surface area contributed by atoms with Crippen LogP contribution in [0.1, 0.15) is 24.0 Å². The maximum absolute atomic E-state index is 13.4. The molecule has 3 rings (SSSR count). The van der Waals surface area contributed by atoms with Crippen LogP contribution >= 0.6 is 0 Å². The van der Waals surface area contributed by atoms with Crippen LogP contribution in [0.4, 0.5) is 8.78 Å². The van der Waals surface area contributed by atoms with Gasteiger partial charge in [0.2, 0.25) is 0 Å². The number of rotatable bonds is 2. The number of hydrogen-bond donors (Lipinski definition) is 1. The van der Waals surface area contributed by atoms with Gasteiger partial charge in [-0.3, -0.25) is 0 Å². The minimum atomic E-state index is -0.981. The molecule has 0 heterocycles. The van der Waals surface area contributed by atoms with E-state index in [4.69, 9.17) is 5.11 Å². The normalized spacial score (nSPS) is 15.6. The molecule has 22 heavy (non-hydrogen) atoms. The van der Waals surface area contributed by atoms with E-state index in [1.54, 1.807) is 0 Å². The van der Waals surface area contributed by atoms with Crippen molar-refractivity contribution < 1.29 is 18.7 Å². The van der Waals surface area contributed by atoms with Crippen molar-refractivity contribution in [3.05, 3.63) is 65.2 Å². The Bertz CT molecular complexity index is 758. The van der Waals surface area contributed by atoms with E-state index in [0.29, 0.717) is 17.5 Å².